The van der Waals surface area contributed by atoms with Crippen LogP contribution >= 0.6 is 0 Å². The van der Waals surface area contributed by atoms with Gasteiger partial charge in [0.05, 0.1) is 5.69 Å². The van der Waals surface area contributed by atoms with Crippen molar-refractivity contribution in [2.45, 2.75) is 20.8 Å². The Balaban J connectivity index is 2.95. The lowest BCUT2D eigenvalue weighted by molar-refractivity contribution is 0.0895. The van der Waals surface area contributed by atoms with Crippen LogP contribution in [0, 0.1) is 11.8 Å². The Kier molecular flexibility index (Phi) is 3.23. The molecule has 0 bridgehead atoms. The van der Waals surface area contributed by atoms with Crippen LogP contribution in [0.5, 0.6) is 0 Å². The molecule has 1 aromatic heterocycles. The third-order valence-corrected chi connectivity index (χ3v) is 2.49. The standard InChI is InChI=1S/C11H16N2O/c1-7(2)8(3)11(14)10-9(12)5-4-6-13-10/h4-8H,12H2,1-3H3. The van der Waals surface area contributed by atoms with Gasteiger partial charge in [0, 0.05) is 12.1 Å². The number of nitrogens with two attached hydrogens (primary N) is 1. The Bertz CT molecular complexity index is 334. The second kappa shape index (κ2) is 4.22. The maximum absolute atomic E-state index is 11.9. The van der Waals surface area contributed by atoms with Gasteiger partial charge in [-0.3, -0.25) is 9.78 Å². The molecule has 0 aliphatic carbocycles. The van der Waals surface area contributed by atoms with Crippen molar-refractivity contribution in [2.24, 2.45) is 11.8 Å². The molecule has 0 saturated carbocycles. The molecule has 0 amide bonds. The topological polar surface area (TPSA) is 56.0 Å². The van der Waals surface area contributed by atoms with E-state index >= 15 is 0 Å². The van der Waals surface area contributed by atoms with Gasteiger partial charge in [-0.2, -0.15) is 0 Å². The molecule has 0 aliphatic rings. The molecule has 0 saturated heterocycles. The van der Waals surface area contributed by atoms with E-state index in [0.29, 0.717) is 17.3 Å². The van der Waals surface area contributed by atoms with Gasteiger partial charge < -0.3 is 5.73 Å². The lowest BCUT2D eigenvalue weighted by Crippen LogP contribution is -2.19. The second-order valence-electron chi connectivity index (χ2n) is 3.84. The van der Waals surface area contributed by atoms with E-state index < -0.39 is 0 Å². The van der Waals surface area contributed by atoms with Crippen molar-refractivity contribution >= 4 is 11.5 Å². The van der Waals surface area contributed by atoms with E-state index in [2.05, 4.69) is 4.98 Å². The van der Waals surface area contributed by atoms with Gasteiger partial charge >= 0.3 is 0 Å². The summed E-state index contributed by atoms with van der Waals surface area (Å²) < 4.78 is 0. The van der Waals surface area contributed by atoms with Crippen LogP contribution in [0.3, 0.4) is 0 Å². The number of anilines is 1. The smallest absolute Gasteiger partial charge is 0.186 e. The monoisotopic (exact) mass is 192 g/mol. The molecule has 1 atom stereocenters. The molecule has 1 unspecified atom stereocenters. The number of aromatic nitrogens is 1. The van der Waals surface area contributed by atoms with Crippen molar-refractivity contribution in [1.29, 1.82) is 0 Å². The first-order valence-electron chi connectivity index (χ1n) is 4.78. The highest BCUT2D eigenvalue weighted by Crippen LogP contribution is 2.18. The Hall–Kier alpha value is -1.38. The zero-order valence-corrected chi connectivity index (χ0v) is 8.82. The molecule has 0 fully saturated rings. The molecule has 1 heterocycles. The van der Waals surface area contributed by atoms with Crippen LogP contribution < -0.4 is 5.73 Å². The van der Waals surface area contributed by atoms with Gasteiger partial charge in [0.15, 0.2) is 5.78 Å². The van der Waals surface area contributed by atoms with Gasteiger partial charge in [-0.25, -0.2) is 0 Å². The molecular weight excluding hydrogens is 176 g/mol. The summed E-state index contributed by atoms with van der Waals surface area (Å²) >= 11 is 0. The second-order valence-corrected chi connectivity index (χ2v) is 3.84. The van der Waals surface area contributed by atoms with Crippen molar-refractivity contribution in [3.8, 4) is 0 Å². The first kappa shape index (κ1) is 10.7. The number of carbonyl (C=O) groups excluding carboxylic acids is 1. The number of carbonyl (C=O) groups is 1. The normalized spacial score (nSPS) is 12.9. The molecular formula is C11H16N2O. The van der Waals surface area contributed by atoms with Crippen LogP contribution in [-0.2, 0) is 0 Å². The Labute approximate surface area is 84.3 Å². The lowest BCUT2D eigenvalue weighted by Gasteiger charge is -2.14. The first-order chi connectivity index (χ1) is 6.54. The quantitative estimate of drug-likeness (QED) is 0.746. The fraction of sp³-hybridized carbons (Fsp3) is 0.455. The summed E-state index contributed by atoms with van der Waals surface area (Å²) in [4.78, 5) is 15.9. The maximum atomic E-state index is 11.9. The van der Waals surface area contributed by atoms with Crippen LogP contribution in [0.1, 0.15) is 31.3 Å². The predicted octanol–water partition coefficient (Wildman–Crippen LogP) is 2.14. The minimum absolute atomic E-state index is 0.0260. The molecule has 1 aromatic rings. The zero-order chi connectivity index (χ0) is 10.7. The number of pyridine rings is 1. The van der Waals surface area contributed by atoms with Crippen LogP contribution in [0.25, 0.3) is 0 Å². The lowest BCUT2D eigenvalue weighted by atomic mass is 9.91. The fourth-order valence-corrected chi connectivity index (χ4v) is 1.14. The van der Waals surface area contributed by atoms with Crippen molar-refractivity contribution in [3.05, 3.63) is 24.0 Å². The molecule has 3 heteroatoms. The molecule has 0 spiro atoms. The number of ketones is 1. The van der Waals surface area contributed by atoms with Crippen molar-refractivity contribution in [3.63, 3.8) is 0 Å². The van der Waals surface area contributed by atoms with E-state index in [-0.39, 0.29) is 11.7 Å². The molecule has 0 radical (unpaired) electrons. The summed E-state index contributed by atoms with van der Waals surface area (Å²) in [5, 5.41) is 0. The number of nitrogen functional groups attached to an aromatic ring is 1. The van der Waals surface area contributed by atoms with Crippen LogP contribution in [0.2, 0.25) is 0 Å². The van der Waals surface area contributed by atoms with E-state index in [1.807, 2.05) is 20.8 Å². The predicted molar refractivity (Wildman–Crippen MR) is 57.0 cm³/mol. The summed E-state index contributed by atoms with van der Waals surface area (Å²) in [6.07, 6.45) is 1.59. The highest BCUT2D eigenvalue weighted by Gasteiger charge is 2.21. The minimum atomic E-state index is -0.0350. The third-order valence-electron chi connectivity index (χ3n) is 2.49. The molecule has 0 aromatic carbocycles. The number of nitrogens with zero attached hydrogens (tertiary/aromatic N) is 1. The average Bonchev–Trinajstić information content (AvgIpc) is 2.16. The van der Waals surface area contributed by atoms with Gasteiger partial charge in [0.25, 0.3) is 0 Å². The Morgan fingerprint density at radius 1 is 1.43 bits per heavy atom. The Morgan fingerprint density at radius 2 is 2.07 bits per heavy atom. The molecule has 0 aliphatic heterocycles. The van der Waals surface area contributed by atoms with Crippen LogP contribution in [0.4, 0.5) is 5.69 Å². The van der Waals surface area contributed by atoms with E-state index in [1.54, 1.807) is 18.3 Å². The molecule has 3 nitrogen and oxygen atoms in total. The highest BCUT2D eigenvalue weighted by atomic mass is 16.1. The number of hydrogen-bond donors (Lipinski definition) is 1. The third kappa shape index (κ3) is 2.10. The summed E-state index contributed by atoms with van der Waals surface area (Å²) in [5.41, 5.74) is 6.54. The van der Waals surface area contributed by atoms with Gasteiger partial charge in [-0.15, -0.1) is 0 Å². The van der Waals surface area contributed by atoms with E-state index in [9.17, 15) is 4.79 Å². The number of rotatable bonds is 3. The van der Waals surface area contributed by atoms with Gasteiger partial charge in [-0.1, -0.05) is 20.8 Å². The highest BCUT2D eigenvalue weighted by molar-refractivity contribution is 6.00. The molecule has 1 rings (SSSR count). The fourth-order valence-electron chi connectivity index (χ4n) is 1.14. The Morgan fingerprint density at radius 3 is 2.57 bits per heavy atom. The van der Waals surface area contributed by atoms with E-state index in [4.69, 9.17) is 5.73 Å². The van der Waals surface area contributed by atoms with Crippen molar-refractivity contribution in [2.75, 3.05) is 5.73 Å². The van der Waals surface area contributed by atoms with Gasteiger partial charge in [0.2, 0.25) is 0 Å². The molecule has 14 heavy (non-hydrogen) atoms. The van der Waals surface area contributed by atoms with E-state index in [0.717, 1.165) is 0 Å². The van der Waals surface area contributed by atoms with Crippen LogP contribution in [-0.4, -0.2) is 10.8 Å². The number of hydrogen-bond acceptors (Lipinski definition) is 3. The van der Waals surface area contributed by atoms with Gasteiger partial charge in [0.1, 0.15) is 5.69 Å². The van der Waals surface area contributed by atoms with Crippen molar-refractivity contribution < 1.29 is 4.79 Å². The maximum Gasteiger partial charge on any atom is 0.186 e. The average molecular weight is 192 g/mol. The summed E-state index contributed by atoms with van der Waals surface area (Å²) in [6, 6.07) is 3.43. The number of Topliss-reactive ketones (excluding diaryl/α,β-unsaturated/α-hetero) is 1. The van der Waals surface area contributed by atoms with E-state index in [1.165, 1.54) is 0 Å². The minimum Gasteiger partial charge on any atom is -0.397 e. The van der Waals surface area contributed by atoms with Crippen molar-refractivity contribution in [1.82, 2.24) is 4.98 Å². The first-order valence-corrected chi connectivity index (χ1v) is 4.78. The molecule has 2 N–H and O–H groups in total. The SMILES string of the molecule is CC(C)C(C)C(=O)c1ncccc1N. The molecule has 76 valence electrons. The van der Waals surface area contributed by atoms with Crippen LogP contribution in [0.15, 0.2) is 18.3 Å². The summed E-state index contributed by atoms with van der Waals surface area (Å²) in [6.45, 7) is 5.94. The van der Waals surface area contributed by atoms with Gasteiger partial charge in [-0.05, 0) is 18.1 Å². The zero-order valence-electron chi connectivity index (χ0n) is 8.82. The summed E-state index contributed by atoms with van der Waals surface area (Å²) in [7, 11) is 0. The summed E-state index contributed by atoms with van der Waals surface area (Å²) in [5.74, 6) is 0.300. The largest absolute Gasteiger partial charge is 0.397 e.